The molecule has 0 spiro atoms. The van der Waals surface area contributed by atoms with E-state index in [0.717, 1.165) is 24.2 Å². The van der Waals surface area contributed by atoms with Gasteiger partial charge in [0.2, 0.25) is 0 Å². The van der Waals surface area contributed by atoms with Crippen LogP contribution in [0, 0.1) is 0 Å². The maximum atomic E-state index is 11.1. The minimum atomic E-state index is -0.939. The van der Waals surface area contributed by atoms with Gasteiger partial charge in [-0.25, -0.2) is 4.79 Å². The Labute approximate surface area is 153 Å². The fourth-order valence-corrected chi connectivity index (χ4v) is 3.02. The summed E-state index contributed by atoms with van der Waals surface area (Å²) in [5.41, 5.74) is 2.30. The van der Waals surface area contributed by atoms with E-state index in [2.05, 4.69) is 36.5 Å². The molecule has 0 aliphatic heterocycles. The lowest BCUT2D eigenvalue weighted by Crippen LogP contribution is -2.20. The summed E-state index contributed by atoms with van der Waals surface area (Å²) in [7, 11) is 0. The van der Waals surface area contributed by atoms with Crippen LogP contribution >= 0.6 is 0 Å². The zero-order chi connectivity index (χ0) is 18.4. The molecule has 4 nitrogen and oxygen atoms in total. The first kappa shape index (κ1) is 18.0. The van der Waals surface area contributed by atoms with Crippen molar-refractivity contribution in [1.82, 2.24) is 5.32 Å². The van der Waals surface area contributed by atoms with Crippen molar-refractivity contribution in [3.8, 4) is 11.3 Å². The molecule has 134 valence electrons. The van der Waals surface area contributed by atoms with Crippen molar-refractivity contribution >= 4 is 5.97 Å². The number of carboxylic acids is 1. The van der Waals surface area contributed by atoms with Crippen molar-refractivity contribution in [1.29, 1.82) is 0 Å². The molecule has 1 aromatic heterocycles. The van der Waals surface area contributed by atoms with E-state index in [4.69, 9.17) is 9.52 Å². The normalized spacial score (nSPS) is 12.0. The Kier molecular flexibility index (Phi) is 5.87. The zero-order valence-corrected chi connectivity index (χ0v) is 14.8. The summed E-state index contributed by atoms with van der Waals surface area (Å²) in [5.74, 6) is 0.569. The Hall–Kier alpha value is -2.85. The molecule has 0 saturated heterocycles. The summed E-state index contributed by atoms with van der Waals surface area (Å²) >= 11 is 0. The van der Waals surface area contributed by atoms with Crippen LogP contribution in [-0.4, -0.2) is 11.1 Å². The second-order valence-corrected chi connectivity index (χ2v) is 6.28. The van der Waals surface area contributed by atoms with E-state index in [1.54, 1.807) is 18.2 Å². The number of aromatic carboxylic acids is 1. The van der Waals surface area contributed by atoms with Crippen LogP contribution < -0.4 is 5.32 Å². The molecule has 26 heavy (non-hydrogen) atoms. The van der Waals surface area contributed by atoms with E-state index in [-0.39, 0.29) is 11.6 Å². The number of hydrogen-bond donors (Lipinski definition) is 2. The van der Waals surface area contributed by atoms with E-state index in [1.807, 2.05) is 24.3 Å². The average Bonchev–Trinajstić information content (AvgIpc) is 3.15. The molecule has 0 fully saturated rings. The molecule has 0 radical (unpaired) electrons. The van der Waals surface area contributed by atoms with Crippen molar-refractivity contribution in [3.05, 3.63) is 83.6 Å². The van der Waals surface area contributed by atoms with E-state index in [9.17, 15) is 4.79 Å². The maximum Gasteiger partial charge on any atom is 0.335 e. The topological polar surface area (TPSA) is 62.5 Å². The van der Waals surface area contributed by atoms with Crippen molar-refractivity contribution in [3.63, 3.8) is 0 Å². The van der Waals surface area contributed by atoms with Gasteiger partial charge in [-0.15, -0.1) is 0 Å². The number of carbonyl (C=O) groups is 1. The van der Waals surface area contributed by atoms with Gasteiger partial charge in [-0.2, -0.15) is 0 Å². The molecule has 1 heterocycles. The molecule has 3 aromatic rings. The Morgan fingerprint density at radius 1 is 1.08 bits per heavy atom. The molecule has 2 aromatic carbocycles. The minimum absolute atomic E-state index is 0.255. The van der Waals surface area contributed by atoms with Gasteiger partial charge in [0.15, 0.2) is 0 Å². The quantitative estimate of drug-likeness (QED) is 0.581. The third-order valence-electron chi connectivity index (χ3n) is 4.36. The first-order valence-electron chi connectivity index (χ1n) is 8.88. The van der Waals surface area contributed by atoms with Gasteiger partial charge in [-0.1, -0.05) is 55.8 Å². The average molecular weight is 349 g/mol. The summed E-state index contributed by atoms with van der Waals surface area (Å²) in [4.78, 5) is 11.1. The Morgan fingerprint density at radius 2 is 1.88 bits per heavy atom. The summed E-state index contributed by atoms with van der Waals surface area (Å²) in [6.07, 6.45) is 2.15. The van der Waals surface area contributed by atoms with Crippen LogP contribution in [0.25, 0.3) is 11.3 Å². The maximum absolute atomic E-state index is 11.1. The zero-order valence-electron chi connectivity index (χ0n) is 14.8. The summed E-state index contributed by atoms with van der Waals surface area (Å²) in [5, 5.41) is 12.7. The second kappa shape index (κ2) is 8.50. The van der Waals surface area contributed by atoms with Crippen molar-refractivity contribution in [2.45, 2.75) is 32.4 Å². The molecular weight excluding hydrogens is 326 g/mol. The lowest BCUT2D eigenvalue weighted by molar-refractivity contribution is 0.0697. The van der Waals surface area contributed by atoms with Crippen LogP contribution in [0.15, 0.2) is 71.1 Å². The van der Waals surface area contributed by atoms with Crippen LogP contribution in [0.2, 0.25) is 0 Å². The lowest BCUT2D eigenvalue weighted by Gasteiger charge is -2.17. The first-order chi connectivity index (χ1) is 12.7. The number of hydrogen-bond acceptors (Lipinski definition) is 3. The van der Waals surface area contributed by atoms with Crippen molar-refractivity contribution < 1.29 is 14.3 Å². The number of benzene rings is 2. The monoisotopic (exact) mass is 349 g/mol. The Bertz CT molecular complexity index is 855. The fourth-order valence-electron chi connectivity index (χ4n) is 3.02. The van der Waals surface area contributed by atoms with Gasteiger partial charge in [0.05, 0.1) is 12.1 Å². The Balaban J connectivity index is 1.70. The van der Waals surface area contributed by atoms with E-state index < -0.39 is 5.97 Å². The number of rotatable bonds is 8. The molecule has 0 aliphatic rings. The summed E-state index contributed by atoms with van der Waals surface area (Å²) in [6.45, 7) is 2.80. The first-order valence-corrected chi connectivity index (χ1v) is 8.88. The predicted octanol–water partition coefficient (Wildman–Crippen LogP) is 5.28. The van der Waals surface area contributed by atoms with Crippen LogP contribution in [-0.2, 0) is 6.54 Å². The standard InChI is InChI=1S/C22H23NO3/c1-2-7-20(16-8-4-3-5-9-16)23-15-19-12-13-21(26-19)17-10-6-11-18(14-17)22(24)25/h3-6,8-14,20,23H,2,7,15H2,1H3,(H,24,25). The lowest BCUT2D eigenvalue weighted by atomic mass is 10.0. The van der Waals surface area contributed by atoms with E-state index in [1.165, 1.54) is 5.56 Å². The fraction of sp³-hybridized carbons (Fsp3) is 0.227. The smallest absolute Gasteiger partial charge is 0.335 e. The molecule has 2 N–H and O–H groups in total. The number of nitrogens with one attached hydrogen (secondary N) is 1. The van der Waals surface area contributed by atoms with Gasteiger partial charge in [0.1, 0.15) is 11.5 Å². The minimum Gasteiger partial charge on any atom is -0.478 e. The predicted molar refractivity (Wildman–Crippen MR) is 102 cm³/mol. The van der Waals surface area contributed by atoms with Gasteiger partial charge >= 0.3 is 5.97 Å². The molecule has 1 unspecified atom stereocenters. The summed E-state index contributed by atoms with van der Waals surface area (Å²) < 4.78 is 5.91. The van der Waals surface area contributed by atoms with Gasteiger partial charge in [0, 0.05) is 11.6 Å². The Morgan fingerprint density at radius 3 is 2.62 bits per heavy atom. The highest BCUT2D eigenvalue weighted by atomic mass is 16.4. The van der Waals surface area contributed by atoms with Gasteiger partial charge in [-0.05, 0) is 36.2 Å². The molecule has 0 amide bonds. The van der Waals surface area contributed by atoms with E-state index in [0.29, 0.717) is 12.3 Å². The number of carboxylic acid groups (broad SMARTS) is 1. The molecule has 0 aliphatic carbocycles. The van der Waals surface area contributed by atoms with Crippen LogP contribution in [0.4, 0.5) is 0 Å². The van der Waals surface area contributed by atoms with Crippen LogP contribution in [0.1, 0.15) is 47.5 Å². The second-order valence-electron chi connectivity index (χ2n) is 6.28. The van der Waals surface area contributed by atoms with Crippen molar-refractivity contribution in [2.75, 3.05) is 0 Å². The number of furan rings is 1. The molecule has 0 bridgehead atoms. The van der Waals surface area contributed by atoms with Gasteiger partial charge in [0.25, 0.3) is 0 Å². The SMILES string of the molecule is CCCC(NCc1ccc(-c2cccc(C(=O)O)c2)o1)c1ccccc1. The third kappa shape index (κ3) is 4.41. The largest absolute Gasteiger partial charge is 0.478 e. The van der Waals surface area contributed by atoms with Gasteiger partial charge < -0.3 is 14.8 Å². The molecular formula is C22H23NO3. The van der Waals surface area contributed by atoms with E-state index >= 15 is 0 Å². The highest BCUT2D eigenvalue weighted by Crippen LogP contribution is 2.24. The molecule has 0 saturated carbocycles. The third-order valence-corrected chi connectivity index (χ3v) is 4.36. The molecule has 4 heteroatoms. The highest BCUT2D eigenvalue weighted by molar-refractivity contribution is 5.89. The molecule has 3 rings (SSSR count). The summed E-state index contributed by atoms with van der Waals surface area (Å²) in [6, 6.07) is 21.3. The van der Waals surface area contributed by atoms with Crippen LogP contribution in [0.3, 0.4) is 0 Å². The highest BCUT2D eigenvalue weighted by Gasteiger charge is 2.12. The van der Waals surface area contributed by atoms with Crippen molar-refractivity contribution in [2.24, 2.45) is 0 Å². The molecule has 1 atom stereocenters. The van der Waals surface area contributed by atoms with Gasteiger partial charge in [-0.3, -0.25) is 0 Å². The van der Waals surface area contributed by atoms with Crippen LogP contribution in [0.5, 0.6) is 0 Å².